The van der Waals surface area contributed by atoms with Crippen molar-refractivity contribution in [3.63, 3.8) is 0 Å². The van der Waals surface area contributed by atoms with Gasteiger partial charge in [-0.3, -0.25) is 9.59 Å². The largest absolute Gasteiger partial charge is 0.493 e. The molecule has 0 aromatic heterocycles. The van der Waals surface area contributed by atoms with Crippen molar-refractivity contribution < 1.29 is 19.1 Å². The molecule has 0 heterocycles. The summed E-state index contributed by atoms with van der Waals surface area (Å²) >= 11 is 0. The molecule has 1 aliphatic rings. The van der Waals surface area contributed by atoms with Crippen molar-refractivity contribution >= 4 is 11.7 Å². The van der Waals surface area contributed by atoms with E-state index in [1.807, 2.05) is 0 Å². The van der Waals surface area contributed by atoms with Crippen molar-refractivity contribution in [2.45, 2.75) is 57.4 Å². The van der Waals surface area contributed by atoms with E-state index in [0.29, 0.717) is 17.1 Å². The molecular weight excluding hydrogens is 306 g/mol. The lowest BCUT2D eigenvalue weighted by molar-refractivity contribution is -0.121. The number of benzene rings is 1. The molecule has 0 bridgehead atoms. The molecule has 5 heteroatoms. The maximum Gasteiger partial charge on any atom is 0.220 e. The first-order valence-corrected chi connectivity index (χ1v) is 8.68. The van der Waals surface area contributed by atoms with Gasteiger partial charge in [0.05, 0.1) is 14.2 Å². The zero-order chi connectivity index (χ0) is 17.4. The van der Waals surface area contributed by atoms with Crippen molar-refractivity contribution in [3.05, 3.63) is 23.8 Å². The van der Waals surface area contributed by atoms with E-state index < -0.39 is 0 Å². The second kappa shape index (κ2) is 9.30. The predicted molar refractivity (Wildman–Crippen MR) is 92.7 cm³/mol. The summed E-state index contributed by atoms with van der Waals surface area (Å²) in [5.41, 5.74) is 0.537. The Bertz CT molecular complexity index is 562. The van der Waals surface area contributed by atoms with Crippen LogP contribution < -0.4 is 14.8 Å². The van der Waals surface area contributed by atoms with Gasteiger partial charge in [0.25, 0.3) is 0 Å². The van der Waals surface area contributed by atoms with Gasteiger partial charge in [-0.05, 0) is 31.0 Å². The molecule has 24 heavy (non-hydrogen) atoms. The Kier molecular flexibility index (Phi) is 7.09. The highest BCUT2D eigenvalue weighted by atomic mass is 16.5. The van der Waals surface area contributed by atoms with E-state index in [1.54, 1.807) is 25.3 Å². The molecule has 1 saturated carbocycles. The number of carbonyl (C=O) groups is 2. The lowest BCUT2D eigenvalue weighted by atomic mass is 10.0. The summed E-state index contributed by atoms with van der Waals surface area (Å²) in [6.07, 6.45) is 7.39. The number of ether oxygens (including phenoxy) is 2. The molecule has 0 atom stereocenters. The van der Waals surface area contributed by atoms with Crippen LogP contribution in [0.4, 0.5) is 0 Å². The van der Waals surface area contributed by atoms with Crippen molar-refractivity contribution in [2.24, 2.45) is 0 Å². The third kappa shape index (κ3) is 5.25. The summed E-state index contributed by atoms with van der Waals surface area (Å²) in [4.78, 5) is 24.4. The molecule has 1 fully saturated rings. The monoisotopic (exact) mass is 333 g/mol. The van der Waals surface area contributed by atoms with E-state index in [9.17, 15) is 9.59 Å². The fourth-order valence-electron chi connectivity index (χ4n) is 3.10. The van der Waals surface area contributed by atoms with Gasteiger partial charge in [-0.1, -0.05) is 25.7 Å². The highest BCUT2D eigenvalue weighted by molar-refractivity contribution is 5.98. The first-order chi connectivity index (χ1) is 11.6. The van der Waals surface area contributed by atoms with Gasteiger partial charge in [0.1, 0.15) is 0 Å². The molecule has 0 radical (unpaired) electrons. The van der Waals surface area contributed by atoms with Gasteiger partial charge in [0.2, 0.25) is 5.91 Å². The van der Waals surface area contributed by atoms with E-state index in [4.69, 9.17) is 9.47 Å². The number of carbonyl (C=O) groups excluding carboxylic acids is 2. The normalized spacial score (nSPS) is 15.4. The Morgan fingerprint density at radius 1 is 1.00 bits per heavy atom. The number of Topliss-reactive ketones (excluding diaryl/α,β-unsaturated/α-hetero) is 1. The number of hydrogen-bond acceptors (Lipinski definition) is 4. The van der Waals surface area contributed by atoms with Crippen LogP contribution in [0.5, 0.6) is 11.5 Å². The number of hydrogen-bond donors (Lipinski definition) is 1. The molecule has 0 aliphatic heterocycles. The molecule has 5 nitrogen and oxygen atoms in total. The first kappa shape index (κ1) is 18.3. The lowest BCUT2D eigenvalue weighted by Gasteiger charge is -2.16. The van der Waals surface area contributed by atoms with Crippen molar-refractivity contribution in [2.75, 3.05) is 14.2 Å². The average molecular weight is 333 g/mol. The molecule has 1 amide bonds. The molecular formula is C19H27NO4. The second-order valence-electron chi connectivity index (χ2n) is 6.25. The zero-order valence-corrected chi connectivity index (χ0v) is 14.6. The third-order valence-corrected chi connectivity index (χ3v) is 4.50. The molecule has 1 aromatic rings. The molecule has 1 aliphatic carbocycles. The van der Waals surface area contributed by atoms with E-state index in [-0.39, 0.29) is 30.6 Å². The summed E-state index contributed by atoms with van der Waals surface area (Å²) in [7, 11) is 3.09. The Hall–Kier alpha value is -2.04. The zero-order valence-electron chi connectivity index (χ0n) is 14.6. The number of amides is 1. The minimum Gasteiger partial charge on any atom is -0.493 e. The van der Waals surface area contributed by atoms with E-state index >= 15 is 0 Å². The standard InChI is InChI=1S/C19H27NO4/c1-23-17-11-9-14(13-18(17)24-2)16(21)10-12-19(22)20-15-7-5-3-4-6-8-15/h9,11,13,15H,3-8,10,12H2,1-2H3,(H,20,22). The fourth-order valence-corrected chi connectivity index (χ4v) is 3.10. The van der Waals surface area contributed by atoms with Gasteiger partial charge >= 0.3 is 0 Å². The molecule has 0 saturated heterocycles. The van der Waals surface area contributed by atoms with Crippen molar-refractivity contribution in [1.82, 2.24) is 5.32 Å². The summed E-state index contributed by atoms with van der Waals surface area (Å²) < 4.78 is 10.4. The van der Waals surface area contributed by atoms with Gasteiger partial charge in [0, 0.05) is 24.4 Å². The Morgan fingerprint density at radius 2 is 1.67 bits per heavy atom. The molecule has 1 N–H and O–H groups in total. The predicted octanol–water partition coefficient (Wildman–Crippen LogP) is 3.51. The van der Waals surface area contributed by atoms with E-state index in [2.05, 4.69) is 5.32 Å². The van der Waals surface area contributed by atoms with Gasteiger partial charge < -0.3 is 14.8 Å². The van der Waals surface area contributed by atoms with Crippen LogP contribution >= 0.6 is 0 Å². The van der Waals surface area contributed by atoms with Crippen LogP contribution in [0.1, 0.15) is 61.7 Å². The summed E-state index contributed by atoms with van der Waals surface area (Å²) in [5.74, 6) is 1.01. The third-order valence-electron chi connectivity index (χ3n) is 4.50. The van der Waals surface area contributed by atoms with Crippen LogP contribution in [-0.2, 0) is 4.79 Å². The summed E-state index contributed by atoms with van der Waals surface area (Å²) in [6, 6.07) is 5.34. The van der Waals surface area contributed by atoms with Gasteiger partial charge in [-0.2, -0.15) is 0 Å². The second-order valence-corrected chi connectivity index (χ2v) is 6.25. The van der Waals surface area contributed by atoms with Crippen LogP contribution in [-0.4, -0.2) is 32.0 Å². The number of methoxy groups -OCH3 is 2. The number of ketones is 1. The lowest BCUT2D eigenvalue weighted by Crippen LogP contribution is -2.34. The van der Waals surface area contributed by atoms with Crippen LogP contribution in [0.25, 0.3) is 0 Å². The van der Waals surface area contributed by atoms with Gasteiger partial charge in [-0.25, -0.2) is 0 Å². The maximum absolute atomic E-state index is 12.3. The smallest absolute Gasteiger partial charge is 0.220 e. The van der Waals surface area contributed by atoms with E-state index in [1.165, 1.54) is 32.8 Å². The van der Waals surface area contributed by atoms with Crippen molar-refractivity contribution in [3.8, 4) is 11.5 Å². The fraction of sp³-hybridized carbons (Fsp3) is 0.579. The Labute approximate surface area is 143 Å². The number of rotatable bonds is 7. The summed E-state index contributed by atoms with van der Waals surface area (Å²) in [5, 5.41) is 3.07. The number of nitrogens with one attached hydrogen (secondary N) is 1. The molecule has 132 valence electrons. The quantitative estimate of drug-likeness (QED) is 0.612. The van der Waals surface area contributed by atoms with Crippen LogP contribution in [0, 0.1) is 0 Å². The minimum atomic E-state index is -0.0630. The average Bonchev–Trinajstić information content (AvgIpc) is 2.87. The van der Waals surface area contributed by atoms with Crippen LogP contribution in [0.2, 0.25) is 0 Å². The first-order valence-electron chi connectivity index (χ1n) is 8.68. The van der Waals surface area contributed by atoms with Crippen molar-refractivity contribution in [1.29, 1.82) is 0 Å². The Balaban J connectivity index is 1.84. The van der Waals surface area contributed by atoms with Gasteiger partial charge in [-0.15, -0.1) is 0 Å². The highest BCUT2D eigenvalue weighted by Gasteiger charge is 2.16. The van der Waals surface area contributed by atoms with Crippen LogP contribution in [0.15, 0.2) is 18.2 Å². The van der Waals surface area contributed by atoms with Gasteiger partial charge in [0.15, 0.2) is 17.3 Å². The Morgan fingerprint density at radius 3 is 2.29 bits per heavy atom. The molecule has 0 spiro atoms. The topological polar surface area (TPSA) is 64.6 Å². The SMILES string of the molecule is COc1ccc(C(=O)CCC(=O)NC2CCCCCC2)cc1OC. The van der Waals surface area contributed by atoms with E-state index in [0.717, 1.165) is 12.8 Å². The molecule has 1 aromatic carbocycles. The molecule has 2 rings (SSSR count). The maximum atomic E-state index is 12.3. The minimum absolute atomic E-state index is 0.0317. The van der Waals surface area contributed by atoms with Crippen LogP contribution in [0.3, 0.4) is 0 Å². The summed E-state index contributed by atoms with van der Waals surface area (Å²) in [6.45, 7) is 0. The molecule has 0 unspecified atom stereocenters. The highest BCUT2D eigenvalue weighted by Crippen LogP contribution is 2.28.